The molecule has 1 amide bonds. The normalized spacial score (nSPS) is 11.3. The van der Waals surface area contributed by atoms with E-state index in [1.807, 2.05) is 0 Å². The molecule has 4 nitrogen and oxygen atoms in total. The topological polar surface area (TPSA) is 66.4 Å². The molecular formula is C14H10F3NO3S. The molecule has 0 saturated heterocycles. The van der Waals surface area contributed by atoms with Gasteiger partial charge in [0.15, 0.2) is 0 Å². The summed E-state index contributed by atoms with van der Waals surface area (Å²) in [7, 11) is 0. The number of aromatic carboxylic acids is 1. The fraction of sp³-hybridized carbons (Fsp3) is 0.143. The van der Waals surface area contributed by atoms with Crippen molar-refractivity contribution >= 4 is 28.2 Å². The number of carbonyl (C=O) groups is 2. The zero-order valence-electron chi connectivity index (χ0n) is 11.2. The zero-order valence-corrected chi connectivity index (χ0v) is 12.0. The second-order valence-corrected chi connectivity index (χ2v) is 5.69. The molecule has 0 unspecified atom stereocenters. The van der Waals surface area contributed by atoms with E-state index >= 15 is 0 Å². The molecule has 22 heavy (non-hydrogen) atoms. The van der Waals surface area contributed by atoms with Gasteiger partial charge in [0.1, 0.15) is 5.00 Å². The van der Waals surface area contributed by atoms with Gasteiger partial charge in [-0.1, -0.05) is 0 Å². The lowest BCUT2D eigenvalue weighted by Crippen LogP contribution is -2.14. The molecule has 0 aliphatic heterocycles. The van der Waals surface area contributed by atoms with Crippen molar-refractivity contribution in [3.8, 4) is 0 Å². The van der Waals surface area contributed by atoms with Crippen molar-refractivity contribution in [1.29, 1.82) is 0 Å². The van der Waals surface area contributed by atoms with Gasteiger partial charge in [-0.25, -0.2) is 4.79 Å². The molecule has 116 valence electrons. The Balaban J connectivity index is 2.21. The van der Waals surface area contributed by atoms with Gasteiger partial charge in [0.2, 0.25) is 0 Å². The number of carbonyl (C=O) groups excluding carboxylic acids is 1. The number of anilines is 1. The number of carboxylic acids is 1. The Morgan fingerprint density at radius 2 is 1.77 bits per heavy atom. The SMILES string of the molecule is Cc1cc(C(=O)O)c(NC(=O)c2ccc(C(F)(F)F)cc2)s1. The molecule has 0 spiro atoms. The molecule has 0 fully saturated rings. The summed E-state index contributed by atoms with van der Waals surface area (Å²) < 4.78 is 37.3. The van der Waals surface area contributed by atoms with Crippen LogP contribution in [0.2, 0.25) is 0 Å². The largest absolute Gasteiger partial charge is 0.478 e. The summed E-state index contributed by atoms with van der Waals surface area (Å²) in [6, 6.07) is 5.09. The molecule has 0 atom stereocenters. The molecule has 1 aromatic carbocycles. The summed E-state index contributed by atoms with van der Waals surface area (Å²) in [4.78, 5) is 23.7. The van der Waals surface area contributed by atoms with Crippen LogP contribution in [0.4, 0.5) is 18.2 Å². The van der Waals surface area contributed by atoms with E-state index in [0.29, 0.717) is 4.88 Å². The van der Waals surface area contributed by atoms with Gasteiger partial charge >= 0.3 is 12.1 Å². The Labute approximate surface area is 127 Å². The molecule has 0 saturated carbocycles. The average Bonchev–Trinajstić information content (AvgIpc) is 2.79. The van der Waals surface area contributed by atoms with Gasteiger partial charge in [0.25, 0.3) is 5.91 Å². The first-order valence-electron chi connectivity index (χ1n) is 6.01. The molecule has 1 aromatic heterocycles. The monoisotopic (exact) mass is 329 g/mol. The maximum atomic E-state index is 12.4. The quantitative estimate of drug-likeness (QED) is 0.893. The third kappa shape index (κ3) is 3.45. The van der Waals surface area contributed by atoms with Crippen molar-refractivity contribution in [3.63, 3.8) is 0 Å². The van der Waals surface area contributed by atoms with Gasteiger partial charge < -0.3 is 10.4 Å². The van der Waals surface area contributed by atoms with Crippen LogP contribution in [0, 0.1) is 6.92 Å². The first kappa shape index (κ1) is 16.0. The number of aryl methyl sites for hydroxylation is 1. The van der Waals surface area contributed by atoms with Crippen molar-refractivity contribution in [2.75, 3.05) is 5.32 Å². The number of amides is 1. The van der Waals surface area contributed by atoms with Crippen LogP contribution >= 0.6 is 11.3 Å². The second-order valence-electron chi connectivity index (χ2n) is 4.43. The highest BCUT2D eigenvalue weighted by Gasteiger charge is 2.30. The Hall–Kier alpha value is -2.35. The summed E-state index contributed by atoms with van der Waals surface area (Å²) in [5.74, 6) is -1.86. The van der Waals surface area contributed by atoms with Gasteiger partial charge in [0, 0.05) is 10.4 Å². The highest BCUT2D eigenvalue weighted by molar-refractivity contribution is 7.16. The lowest BCUT2D eigenvalue weighted by Gasteiger charge is -2.08. The average molecular weight is 329 g/mol. The number of rotatable bonds is 3. The third-order valence-corrected chi connectivity index (χ3v) is 3.75. The predicted molar refractivity (Wildman–Crippen MR) is 75.4 cm³/mol. The van der Waals surface area contributed by atoms with E-state index < -0.39 is 23.6 Å². The van der Waals surface area contributed by atoms with Crippen LogP contribution in [0.5, 0.6) is 0 Å². The van der Waals surface area contributed by atoms with Crippen molar-refractivity contribution in [1.82, 2.24) is 0 Å². The van der Waals surface area contributed by atoms with Crippen LogP contribution in [-0.2, 0) is 6.18 Å². The van der Waals surface area contributed by atoms with Crippen molar-refractivity contribution in [3.05, 3.63) is 51.9 Å². The minimum absolute atomic E-state index is 0.00962. The van der Waals surface area contributed by atoms with E-state index in [4.69, 9.17) is 5.11 Å². The Morgan fingerprint density at radius 1 is 1.18 bits per heavy atom. The molecule has 0 aliphatic rings. The molecular weight excluding hydrogens is 319 g/mol. The number of alkyl halides is 3. The smallest absolute Gasteiger partial charge is 0.416 e. The van der Waals surface area contributed by atoms with E-state index in [0.717, 1.165) is 35.6 Å². The van der Waals surface area contributed by atoms with Crippen LogP contribution in [0.15, 0.2) is 30.3 Å². The fourth-order valence-electron chi connectivity index (χ4n) is 1.75. The van der Waals surface area contributed by atoms with Crippen molar-refractivity contribution in [2.45, 2.75) is 13.1 Å². The first-order valence-corrected chi connectivity index (χ1v) is 6.82. The number of nitrogens with one attached hydrogen (secondary N) is 1. The minimum Gasteiger partial charge on any atom is -0.478 e. The Bertz CT molecular complexity index is 720. The molecule has 1 heterocycles. The molecule has 0 aliphatic carbocycles. The van der Waals surface area contributed by atoms with Crippen LogP contribution in [0.1, 0.15) is 31.2 Å². The van der Waals surface area contributed by atoms with E-state index in [9.17, 15) is 22.8 Å². The van der Waals surface area contributed by atoms with Gasteiger partial charge in [-0.15, -0.1) is 11.3 Å². The third-order valence-electron chi connectivity index (χ3n) is 2.79. The molecule has 2 N–H and O–H groups in total. The molecule has 0 radical (unpaired) electrons. The summed E-state index contributed by atoms with van der Waals surface area (Å²) in [6.07, 6.45) is -4.48. The number of halogens is 3. The number of benzene rings is 1. The number of thiophene rings is 1. The van der Waals surface area contributed by atoms with Gasteiger partial charge in [0.05, 0.1) is 11.1 Å². The maximum absolute atomic E-state index is 12.4. The molecule has 8 heteroatoms. The second kappa shape index (κ2) is 5.80. The Morgan fingerprint density at radius 3 is 2.27 bits per heavy atom. The molecule has 2 rings (SSSR count). The van der Waals surface area contributed by atoms with Crippen molar-refractivity contribution in [2.24, 2.45) is 0 Å². The maximum Gasteiger partial charge on any atom is 0.416 e. The first-order chi connectivity index (χ1) is 10.2. The summed E-state index contributed by atoms with van der Waals surface area (Å²) >= 11 is 1.08. The van der Waals surface area contributed by atoms with Crippen molar-refractivity contribution < 1.29 is 27.9 Å². The van der Waals surface area contributed by atoms with Gasteiger partial charge in [-0.3, -0.25) is 4.79 Å². The lowest BCUT2D eigenvalue weighted by molar-refractivity contribution is -0.137. The van der Waals surface area contributed by atoms with Crippen LogP contribution in [0.25, 0.3) is 0 Å². The van der Waals surface area contributed by atoms with E-state index in [1.54, 1.807) is 6.92 Å². The Kier molecular flexibility index (Phi) is 4.23. The summed E-state index contributed by atoms with van der Waals surface area (Å²) in [6.45, 7) is 1.69. The lowest BCUT2D eigenvalue weighted by atomic mass is 10.1. The van der Waals surface area contributed by atoms with Gasteiger partial charge in [-0.2, -0.15) is 13.2 Å². The van der Waals surface area contributed by atoms with Crippen LogP contribution in [0.3, 0.4) is 0 Å². The fourth-order valence-corrected chi connectivity index (χ4v) is 2.65. The highest BCUT2D eigenvalue weighted by Crippen LogP contribution is 2.30. The standard InChI is InChI=1S/C14H10F3NO3S/c1-7-6-10(13(20)21)12(22-7)18-11(19)8-2-4-9(5-3-8)14(15,16)17/h2-6H,1H3,(H,18,19)(H,20,21). The van der Waals surface area contributed by atoms with E-state index in [-0.39, 0.29) is 16.1 Å². The molecule has 2 aromatic rings. The van der Waals surface area contributed by atoms with Crippen LogP contribution in [-0.4, -0.2) is 17.0 Å². The minimum atomic E-state index is -4.48. The van der Waals surface area contributed by atoms with Crippen LogP contribution < -0.4 is 5.32 Å². The van der Waals surface area contributed by atoms with Gasteiger partial charge in [-0.05, 0) is 37.3 Å². The van der Waals surface area contributed by atoms with E-state index in [1.165, 1.54) is 6.07 Å². The number of carboxylic acid groups (broad SMARTS) is 1. The summed E-state index contributed by atoms with van der Waals surface area (Å²) in [5, 5.41) is 11.6. The number of hydrogen-bond acceptors (Lipinski definition) is 3. The van der Waals surface area contributed by atoms with E-state index in [2.05, 4.69) is 5.32 Å². The zero-order chi connectivity index (χ0) is 16.5. The summed E-state index contributed by atoms with van der Waals surface area (Å²) in [5.41, 5.74) is -0.902. The highest BCUT2D eigenvalue weighted by atomic mass is 32.1. The number of hydrogen-bond donors (Lipinski definition) is 2. The molecule has 0 bridgehead atoms. The predicted octanol–water partition coefficient (Wildman–Crippen LogP) is 4.03.